The molecule has 0 radical (unpaired) electrons. The molecule has 1 amide bonds. The summed E-state index contributed by atoms with van der Waals surface area (Å²) in [5.41, 5.74) is 1.09. The number of rotatable bonds is 8. The molecule has 1 aromatic carbocycles. The van der Waals surface area contributed by atoms with E-state index in [-0.39, 0.29) is 19.1 Å². The highest BCUT2D eigenvalue weighted by Gasteiger charge is 2.17. The van der Waals surface area contributed by atoms with Crippen LogP contribution in [0, 0.1) is 0 Å². The number of nitrogens with zero attached hydrogens (tertiary/aromatic N) is 1. The van der Waals surface area contributed by atoms with Crippen LogP contribution in [-0.4, -0.2) is 54.8 Å². The number of carbonyl (C=O) groups excluding carboxylic acids is 1. The van der Waals surface area contributed by atoms with Crippen molar-refractivity contribution in [2.45, 2.75) is 25.6 Å². The summed E-state index contributed by atoms with van der Waals surface area (Å²) < 4.78 is 5.45. The van der Waals surface area contributed by atoms with Gasteiger partial charge in [0.25, 0.3) is 0 Å². The molecule has 0 aliphatic carbocycles. The van der Waals surface area contributed by atoms with Crippen molar-refractivity contribution < 1.29 is 14.6 Å². The standard InChI is InChI=1S/C16H24N2O3/c19-15(13-21-12-14-6-2-1-3-7-14)10-17-11-16(20)18-8-4-5-9-18/h1-3,6-7,15,17,19H,4-5,8-13H2. The Morgan fingerprint density at radius 1 is 1.29 bits per heavy atom. The van der Waals surface area contributed by atoms with Gasteiger partial charge in [0.05, 0.1) is 25.9 Å². The van der Waals surface area contributed by atoms with Crippen LogP contribution in [0.5, 0.6) is 0 Å². The fraction of sp³-hybridized carbons (Fsp3) is 0.562. The van der Waals surface area contributed by atoms with Crippen molar-refractivity contribution in [2.75, 3.05) is 32.8 Å². The largest absolute Gasteiger partial charge is 0.389 e. The average molecular weight is 292 g/mol. The number of amides is 1. The maximum atomic E-state index is 11.8. The molecule has 1 aliphatic rings. The monoisotopic (exact) mass is 292 g/mol. The summed E-state index contributed by atoms with van der Waals surface area (Å²) in [7, 11) is 0. The van der Waals surface area contributed by atoms with Gasteiger partial charge in [0.1, 0.15) is 0 Å². The lowest BCUT2D eigenvalue weighted by Gasteiger charge is -2.17. The first kappa shape index (κ1) is 15.9. The molecule has 1 fully saturated rings. The Labute approximate surface area is 125 Å². The number of likely N-dealkylation sites (tertiary alicyclic amines) is 1. The predicted octanol–water partition coefficient (Wildman–Crippen LogP) is 0.776. The minimum atomic E-state index is -0.597. The highest BCUT2D eigenvalue weighted by atomic mass is 16.5. The fourth-order valence-electron chi connectivity index (χ4n) is 2.37. The van der Waals surface area contributed by atoms with Crippen LogP contribution in [0.15, 0.2) is 30.3 Å². The van der Waals surface area contributed by atoms with Crippen molar-refractivity contribution in [3.05, 3.63) is 35.9 Å². The van der Waals surface area contributed by atoms with E-state index in [1.807, 2.05) is 35.2 Å². The molecular formula is C16H24N2O3. The Morgan fingerprint density at radius 3 is 2.71 bits per heavy atom. The van der Waals surface area contributed by atoms with Crippen molar-refractivity contribution >= 4 is 5.91 Å². The van der Waals surface area contributed by atoms with Crippen LogP contribution in [0.2, 0.25) is 0 Å². The van der Waals surface area contributed by atoms with Gasteiger partial charge in [-0.15, -0.1) is 0 Å². The number of aliphatic hydroxyl groups excluding tert-OH is 1. The van der Waals surface area contributed by atoms with Crippen LogP contribution in [0.1, 0.15) is 18.4 Å². The number of carbonyl (C=O) groups is 1. The third-order valence-electron chi connectivity index (χ3n) is 3.54. The molecule has 5 heteroatoms. The molecule has 1 atom stereocenters. The lowest BCUT2D eigenvalue weighted by Crippen LogP contribution is -2.39. The number of benzene rings is 1. The third-order valence-corrected chi connectivity index (χ3v) is 3.54. The summed E-state index contributed by atoms with van der Waals surface area (Å²) in [6, 6.07) is 9.85. The second-order valence-electron chi connectivity index (χ2n) is 5.37. The van der Waals surface area contributed by atoms with E-state index in [1.165, 1.54) is 0 Å². The zero-order valence-electron chi connectivity index (χ0n) is 12.3. The van der Waals surface area contributed by atoms with E-state index in [0.717, 1.165) is 31.5 Å². The first-order valence-electron chi connectivity index (χ1n) is 7.54. The summed E-state index contributed by atoms with van der Waals surface area (Å²) in [6.07, 6.45) is 1.60. The molecule has 21 heavy (non-hydrogen) atoms. The highest BCUT2D eigenvalue weighted by Crippen LogP contribution is 2.06. The first-order chi connectivity index (χ1) is 10.3. The number of ether oxygens (including phenoxy) is 1. The lowest BCUT2D eigenvalue weighted by atomic mass is 10.2. The molecule has 0 saturated carbocycles. The third kappa shape index (κ3) is 5.83. The average Bonchev–Trinajstić information content (AvgIpc) is 3.02. The van der Waals surface area contributed by atoms with Gasteiger partial charge in [-0.25, -0.2) is 0 Å². The van der Waals surface area contributed by atoms with Gasteiger partial charge in [0.2, 0.25) is 5.91 Å². The van der Waals surface area contributed by atoms with Crippen molar-refractivity contribution in [1.82, 2.24) is 10.2 Å². The van der Waals surface area contributed by atoms with Crippen LogP contribution in [0.25, 0.3) is 0 Å². The van der Waals surface area contributed by atoms with Gasteiger partial charge in [0.15, 0.2) is 0 Å². The van der Waals surface area contributed by atoms with E-state index in [4.69, 9.17) is 4.74 Å². The van der Waals surface area contributed by atoms with Crippen molar-refractivity contribution in [3.63, 3.8) is 0 Å². The van der Waals surface area contributed by atoms with Crippen LogP contribution >= 0.6 is 0 Å². The van der Waals surface area contributed by atoms with Crippen LogP contribution < -0.4 is 5.32 Å². The molecule has 1 aliphatic heterocycles. The lowest BCUT2D eigenvalue weighted by molar-refractivity contribution is -0.129. The van der Waals surface area contributed by atoms with Gasteiger partial charge in [-0.1, -0.05) is 30.3 Å². The van der Waals surface area contributed by atoms with E-state index in [9.17, 15) is 9.90 Å². The van der Waals surface area contributed by atoms with E-state index >= 15 is 0 Å². The Morgan fingerprint density at radius 2 is 2.00 bits per heavy atom. The molecular weight excluding hydrogens is 268 g/mol. The number of nitrogens with one attached hydrogen (secondary N) is 1. The zero-order chi connectivity index (χ0) is 14.9. The quantitative estimate of drug-likeness (QED) is 0.743. The molecule has 0 aromatic heterocycles. The van der Waals surface area contributed by atoms with Gasteiger partial charge in [-0.2, -0.15) is 0 Å². The Bertz CT molecular complexity index is 419. The van der Waals surface area contributed by atoms with E-state index in [1.54, 1.807) is 0 Å². The van der Waals surface area contributed by atoms with Gasteiger partial charge < -0.3 is 20.1 Å². The number of aliphatic hydroxyl groups is 1. The smallest absolute Gasteiger partial charge is 0.236 e. The molecule has 1 heterocycles. The Hall–Kier alpha value is -1.43. The van der Waals surface area contributed by atoms with E-state index in [2.05, 4.69) is 5.32 Å². The second-order valence-corrected chi connectivity index (χ2v) is 5.37. The molecule has 0 bridgehead atoms. The normalized spacial score (nSPS) is 16.1. The topological polar surface area (TPSA) is 61.8 Å². The first-order valence-corrected chi connectivity index (χ1v) is 7.54. The molecule has 1 unspecified atom stereocenters. The van der Waals surface area contributed by atoms with Gasteiger partial charge in [0, 0.05) is 19.6 Å². The fourth-order valence-corrected chi connectivity index (χ4v) is 2.37. The second kappa shape index (κ2) is 8.77. The minimum absolute atomic E-state index is 0.116. The molecule has 2 rings (SSSR count). The van der Waals surface area contributed by atoms with E-state index < -0.39 is 6.10 Å². The molecule has 1 aromatic rings. The number of hydrogen-bond acceptors (Lipinski definition) is 4. The maximum Gasteiger partial charge on any atom is 0.236 e. The van der Waals surface area contributed by atoms with Crippen LogP contribution in [-0.2, 0) is 16.1 Å². The zero-order valence-corrected chi connectivity index (χ0v) is 12.3. The molecule has 0 spiro atoms. The van der Waals surface area contributed by atoms with Crippen molar-refractivity contribution in [2.24, 2.45) is 0 Å². The molecule has 116 valence electrons. The Kier molecular flexibility index (Phi) is 6.66. The van der Waals surface area contributed by atoms with Crippen molar-refractivity contribution in [3.8, 4) is 0 Å². The SMILES string of the molecule is O=C(CNCC(O)COCc1ccccc1)N1CCCC1. The molecule has 2 N–H and O–H groups in total. The predicted molar refractivity (Wildman–Crippen MR) is 80.8 cm³/mol. The van der Waals surface area contributed by atoms with Gasteiger partial charge >= 0.3 is 0 Å². The highest BCUT2D eigenvalue weighted by molar-refractivity contribution is 5.78. The Balaban J connectivity index is 1.53. The van der Waals surface area contributed by atoms with Gasteiger partial charge in [-0.05, 0) is 18.4 Å². The molecule has 5 nitrogen and oxygen atoms in total. The van der Waals surface area contributed by atoms with E-state index in [0.29, 0.717) is 13.2 Å². The number of hydrogen-bond donors (Lipinski definition) is 2. The summed E-state index contributed by atoms with van der Waals surface area (Å²) >= 11 is 0. The summed E-state index contributed by atoms with van der Waals surface area (Å²) in [5, 5.41) is 12.8. The molecule has 1 saturated heterocycles. The maximum absolute atomic E-state index is 11.8. The summed E-state index contributed by atoms with van der Waals surface area (Å²) in [5.74, 6) is 0.116. The summed E-state index contributed by atoms with van der Waals surface area (Å²) in [6.45, 7) is 3.14. The summed E-state index contributed by atoms with van der Waals surface area (Å²) in [4.78, 5) is 13.6. The van der Waals surface area contributed by atoms with Crippen molar-refractivity contribution in [1.29, 1.82) is 0 Å². The minimum Gasteiger partial charge on any atom is -0.389 e. The van der Waals surface area contributed by atoms with Gasteiger partial charge in [-0.3, -0.25) is 4.79 Å². The van der Waals surface area contributed by atoms with Crippen LogP contribution in [0.3, 0.4) is 0 Å². The van der Waals surface area contributed by atoms with Crippen LogP contribution in [0.4, 0.5) is 0 Å².